The molecule has 0 spiro atoms. The molecule has 6 heteroatoms. The van der Waals surface area contributed by atoms with Crippen molar-refractivity contribution >= 4 is 17.2 Å². The molecule has 3 aromatic rings. The molecule has 1 amide bonds. The van der Waals surface area contributed by atoms with E-state index < -0.39 is 0 Å². The first-order valence-corrected chi connectivity index (χ1v) is 10.9. The highest BCUT2D eigenvalue weighted by Crippen LogP contribution is 2.30. The fourth-order valence-electron chi connectivity index (χ4n) is 4.17. The summed E-state index contributed by atoms with van der Waals surface area (Å²) in [6.07, 6.45) is 5.09. The molecule has 148 valence electrons. The molecule has 1 aromatic heterocycles. The van der Waals surface area contributed by atoms with Crippen LogP contribution in [0.25, 0.3) is 10.6 Å². The van der Waals surface area contributed by atoms with Gasteiger partial charge in [-0.05, 0) is 49.1 Å². The predicted molar refractivity (Wildman–Crippen MR) is 114 cm³/mol. The van der Waals surface area contributed by atoms with Crippen molar-refractivity contribution in [2.75, 3.05) is 0 Å². The number of nitrogens with zero attached hydrogens (tertiary/aromatic N) is 1. The molecule has 2 aromatic carbocycles. The molecule has 2 saturated heterocycles. The van der Waals surface area contributed by atoms with Crippen LogP contribution in [-0.4, -0.2) is 29.0 Å². The Morgan fingerprint density at radius 3 is 2.69 bits per heavy atom. The van der Waals surface area contributed by atoms with Crippen molar-refractivity contribution in [2.45, 2.75) is 44.0 Å². The highest BCUT2D eigenvalue weighted by atomic mass is 32.1. The molecule has 2 aliphatic heterocycles. The third-order valence-electron chi connectivity index (χ3n) is 5.70. The third-order valence-corrected chi connectivity index (χ3v) is 6.74. The topological polar surface area (TPSA) is 63.2 Å². The lowest BCUT2D eigenvalue weighted by Gasteiger charge is -2.20. The van der Waals surface area contributed by atoms with Crippen LogP contribution in [0.5, 0.6) is 5.75 Å². The van der Waals surface area contributed by atoms with E-state index in [4.69, 9.17) is 4.74 Å². The Morgan fingerprint density at radius 1 is 1.14 bits per heavy atom. The van der Waals surface area contributed by atoms with Gasteiger partial charge in [-0.2, -0.15) is 0 Å². The molecule has 2 aliphatic rings. The summed E-state index contributed by atoms with van der Waals surface area (Å²) in [6, 6.07) is 19.2. The largest absolute Gasteiger partial charge is 0.489 e. The Labute approximate surface area is 174 Å². The number of hydrogen-bond acceptors (Lipinski definition) is 5. The van der Waals surface area contributed by atoms with E-state index in [9.17, 15) is 4.79 Å². The first kappa shape index (κ1) is 18.3. The number of ether oxygens (including phenoxy) is 1. The van der Waals surface area contributed by atoms with E-state index in [1.54, 1.807) is 6.20 Å². The molecule has 2 bridgehead atoms. The zero-order valence-corrected chi connectivity index (χ0v) is 16.8. The van der Waals surface area contributed by atoms with Crippen molar-refractivity contribution in [3.63, 3.8) is 0 Å². The number of rotatable bonds is 6. The van der Waals surface area contributed by atoms with Crippen LogP contribution in [0.1, 0.15) is 34.5 Å². The van der Waals surface area contributed by atoms with Crippen molar-refractivity contribution in [2.24, 2.45) is 0 Å². The van der Waals surface area contributed by atoms with E-state index in [0.717, 1.165) is 34.7 Å². The highest BCUT2D eigenvalue weighted by Gasteiger charge is 2.39. The second kappa shape index (κ2) is 7.97. The second-order valence-electron chi connectivity index (χ2n) is 7.69. The van der Waals surface area contributed by atoms with Crippen LogP contribution in [0, 0.1) is 0 Å². The smallest absolute Gasteiger partial charge is 0.263 e. The molecular weight excluding hydrogens is 382 g/mol. The number of benzene rings is 2. The van der Waals surface area contributed by atoms with Gasteiger partial charge in [-0.1, -0.05) is 30.3 Å². The molecule has 2 fully saturated rings. The van der Waals surface area contributed by atoms with E-state index in [1.807, 2.05) is 54.6 Å². The van der Waals surface area contributed by atoms with Gasteiger partial charge >= 0.3 is 0 Å². The first-order valence-electron chi connectivity index (χ1n) is 10.0. The minimum Gasteiger partial charge on any atom is -0.489 e. The lowest BCUT2D eigenvalue weighted by atomic mass is 9.95. The van der Waals surface area contributed by atoms with Gasteiger partial charge in [-0.15, -0.1) is 11.3 Å². The fraction of sp³-hybridized carbons (Fsp3) is 0.304. The average Bonchev–Trinajstić information content (AvgIpc) is 3.50. The van der Waals surface area contributed by atoms with Crippen LogP contribution in [0.2, 0.25) is 0 Å². The van der Waals surface area contributed by atoms with Crippen LogP contribution >= 0.6 is 11.3 Å². The van der Waals surface area contributed by atoms with Gasteiger partial charge in [0.1, 0.15) is 22.2 Å². The quantitative estimate of drug-likeness (QED) is 0.650. The first-order chi connectivity index (χ1) is 14.2. The van der Waals surface area contributed by atoms with E-state index in [-0.39, 0.29) is 11.9 Å². The Kier molecular flexibility index (Phi) is 5.04. The zero-order valence-electron chi connectivity index (χ0n) is 16.0. The van der Waals surface area contributed by atoms with E-state index in [1.165, 1.54) is 17.8 Å². The summed E-state index contributed by atoms with van der Waals surface area (Å²) >= 11 is 1.43. The van der Waals surface area contributed by atoms with Crippen molar-refractivity contribution < 1.29 is 9.53 Å². The summed E-state index contributed by atoms with van der Waals surface area (Å²) < 4.78 is 5.84. The maximum Gasteiger partial charge on any atom is 0.263 e. The zero-order chi connectivity index (χ0) is 19.6. The maximum absolute atomic E-state index is 12.6. The van der Waals surface area contributed by atoms with E-state index in [0.29, 0.717) is 23.6 Å². The van der Waals surface area contributed by atoms with Crippen molar-refractivity contribution in [3.05, 3.63) is 71.2 Å². The fourth-order valence-corrected chi connectivity index (χ4v) is 5.00. The minimum atomic E-state index is -0.0177. The van der Waals surface area contributed by atoms with E-state index >= 15 is 0 Å². The Morgan fingerprint density at radius 2 is 1.97 bits per heavy atom. The van der Waals surface area contributed by atoms with E-state index in [2.05, 4.69) is 15.6 Å². The molecule has 0 radical (unpaired) electrons. The molecule has 0 unspecified atom stereocenters. The molecule has 29 heavy (non-hydrogen) atoms. The number of carbonyl (C=O) groups excluding carboxylic acids is 1. The Bertz CT molecular complexity index is 987. The summed E-state index contributed by atoms with van der Waals surface area (Å²) in [5.41, 5.74) is 2.13. The van der Waals surface area contributed by atoms with Crippen LogP contribution in [-0.2, 0) is 6.61 Å². The van der Waals surface area contributed by atoms with Crippen molar-refractivity contribution in [1.29, 1.82) is 0 Å². The number of hydrogen-bond donors (Lipinski definition) is 2. The van der Waals surface area contributed by atoms with Gasteiger partial charge in [-0.25, -0.2) is 4.98 Å². The van der Waals surface area contributed by atoms with Gasteiger partial charge in [-0.3, -0.25) is 4.79 Å². The molecule has 3 heterocycles. The lowest BCUT2D eigenvalue weighted by Crippen LogP contribution is -2.42. The highest BCUT2D eigenvalue weighted by molar-refractivity contribution is 7.16. The summed E-state index contributed by atoms with van der Waals surface area (Å²) in [4.78, 5) is 17.7. The molecular formula is C23H23N3O2S. The monoisotopic (exact) mass is 405 g/mol. The molecule has 0 saturated carbocycles. The molecule has 5 nitrogen and oxygen atoms in total. The summed E-state index contributed by atoms with van der Waals surface area (Å²) in [5.74, 6) is 0.798. The number of carbonyl (C=O) groups is 1. The van der Waals surface area contributed by atoms with Gasteiger partial charge in [0.15, 0.2) is 0 Å². The second-order valence-corrected chi connectivity index (χ2v) is 8.72. The average molecular weight is 406 g/mol. The van der Waals surface area contributed by atoms with Gasteiger partial charge < -0.3 is 15.4 Å². The summed E-state index contributed by atoms with van der Waals surface area (Å²) in [5, 5.41) is 7.58. The van der Waals surface area contributed by atoms with Crippen LogP contribution in [0.15, 0.2) is 60.8 Å². The van der Waals surface area contributed by atoms with Crippen molar-refractivity contribution in [3.8, 4) is 16.3 Å². The number of aromatic nitrogens is 1. The molecule has 5 rings (SSSR count). The van der Waals surface area contributed by atoms with Crippen LogP contribution in [0.4, 0.5) is 0 Å². The minimum absolute atomic E-state index is 0.0177. The predicted octanol–water partition coefficient (Wildman–Crippen LogP) is 4.01. The number of nitrogens with one attached hydrogen (secondary N) is 2. The number of thiazole rings is 1. The maximum atomic E-state index is 12.6. The van der Waals surface area contributed by atoms with Gasteiger partial charge in [0.05, 0.1) is 6.20 Å². The summed E-state index contributed by atoms with van der Waals surface area (Å²) in [7, 11) is 0. The van der Waals surface area contributed by atoms with Gasteiger partial charge in [0.2, 0.25) is 0 Å². The lowest BCUT2D eigenvalue weighted by molar-refractivity contribution is 0.0935. The van der Waals surface area contributed by atoms with Gasteiger partial charge in [0, 0.05) is 23.7 Å². The SMILES string of the molecule is O=C(N[C@@H]1C[C@H]2CC[C@@H]1N2)c1cnc(-c2ccc(OCc3ccccc3)cc2)s1. The Hall–Kier alpha value is -2.70. The van der Waals surface area contributed by atoms with Crippen LogP contribution in [0.3, 0.4) is 0 Å². The summed E-state index contributed by atoms with van der Waals surface area (Å²) in [6.45, 7) is 0.541. The third kappa shape index (κ3) is 4.04. The number of amides is 1. The molecule has 2 N–H and O–H groups in total. The van der Waals surface area contributed by atoms with Crippen LogP contribution < -0.4 is 15.4 Å². The normalized spacial score (nSPS) is 22.6. The Balaban J connectivity index is 1.20. The van der Waals surface area contributed by atoms with Gasteiger partial charge in [0.25, 0.3) is 5.91 Å². The number of fused-ring (bicyclic) bond motifs is 2. The standard InChI is InChI=1S/C23H23N3O2S/c27-22(26-20-12-17-8-11-19(20)25-17)21-13-24-23(29-21)16-6-9-18(10-7-16)28-14-15-4-2-1-3-5-15/h1-7,9-10,13,17,19-20,25H,8,11-12,14H2,(H,26,27)/t17-,19+,20-/m1/s1. The molecule has 0 aliphatic carbocycles. The van der Waals surface area contributed by atoms with Crippen molar-refractivity contribution in [1.82, 2.24) is 15.6 Å². The molecule has 3 atom stereocenters.